The predicted molar refractivity (Wildman–Crippen MR) is 154 cm³/mol. The second-order valence-corrected chi connectivity index (χ2v) is 10.5. The number of likely N-dealkylation sites (tertiary alicyclic amines) is 1. The molecule has 0 bridgehead atoms. The molecule has 1 aliphatic rings. The lowest BCUT2D eigenvalue weighted by molar-refractivity contribution is -0.121. The highest BCUT2D eigenvalue weighted by atomic mass is 16.5. The van der Waals surface area contributed by atoms with E-state index in [1.54, 1.807) is 19.1 Å². The van der Waals surface area contributed by atoms with Crippen LogP contribution in [0.1, 0.15) is 60.3 Å². The van der Waals surface area contributed by atoms with E-state index in [9.17, 15) is 19.8 Å². The summed E-state index contributed by atoms with van der Waals surface area (Å²) in [6.07, 6.45) is 3.37. The summed E-state index contributed by atoms with van der Waals surface area (Å²) < 4.78 is 11.0. The molecule has 2 atom stereocenters. The molecule has 1 aromatic heterocycles. The van der Waals surface area contributed by atoms with Crippen LogP contribution in [0.3, 0.4) is 0 Å². The smallest absolute Gasteiger partial charge is 0.227 e. The largest absolute Gasteiger partial charge is 0.504 e. The molecular formula is C31H39N3O6. The van der Waals surface area contributed by atoms with Crippen LogP contribution in [0, 0.1) is 6.92 Å². The summed E-state index contributed by atoms with van der Waals surface area (Å²) in [7, 11) is 5.44. The second-order valence-electron chi connectivity index (χ2n) is 10.5. The summed E-state index contributed by atoms with van der Waals surface area (Å²) in [6, 6.07) is 14.3. The van der Waals surface area contributed by atoms with Gasteiger partial charge in [-0.2, -0.15) is 0 Å². The van der Waals surface area contributed by atoms with Crippen molar-refractivity contribution in [2.75, 3.05) is 45.7 Å². The van der Waals surface area contributed by atoms with Gasteiger partial charge in [-0.25, -0.2) is 0 Å². The van der Waals surface area contributed by atoms with E-state index in [4.69, 9.17) is 9.15 Å². The molecule has 0 spiro atoms. The molecule has 1 fully saturated rings. The quantitative estimate of drug-likeness (QED) is 0.343. The molecular weight excluding hydrogens is 510 g/mol. The van der Waals surface area contributed by atoms with E-state index in [2.05, 4.69) is 39.4 Å². The van der Waals surface area contributed by atoms with Crippen molar-refractivity contribution in [3.05, 3.63) is 81.4 Å². The van der Waals surface area contributed by atoms with Gasteiger partial charge in [-0.1, -0.05) is 24.6 Å². The maximum Gasteiger partial charge on any atom is 0.227 e. The molecule has 2 heterocycles. The summed E-state index contributed by atoms with van der Waals surface area (Å²) in [5.41, 5.74) is 2.22. The number of aryl methyl sites for hydroxylation is 1. The van der Waals surface area contributed by atoms with Gasteiger partial charge in [0.1, 0.15) is 5.76 Å². The van der Waals surface area contributed by atoms with Crippen LogP contribution in [0.25, 0.3) is 0 Å². The fourth-order valence-corrected chi connectivity index (χ4v) is 5.29. The van der Waals surface area contributed by atoms with E-state index in [0.29, 0.717) is 17.9 Å². The monoisotopic (exact) mass is 549 g/mol. The van der Waals surface area contributed by atoms with Crippen LogP contribution >= 0.6 is 0 Å². The first-order valence-electron chi connectivity index (χ1n) is 13.7. The van der Waals surface area contributed by atoms with Gasteiger partial charge in [0.25, 0.3) is 0 Å². The molecule has 214 valence electrons. The fourth-order valence-electron chi connectivity index (χ4n) is 5.29. The van der Waals surface area contributed by atoms with E-state index < -0.39 is 17.1 Å². The third kappa shape index (κ3) is 6.77. The van der Waals surface area contributed by atoms with Crippen LogP contribution in [-0.2, 0) is 4.79 Å². The van der Waals surface area contributed by atoms with E-state index in [1.807, 2.05) is 14.1 Å². The third-order valence-electron chi connectivity index (χ3n) is 7.50. The molecule has 3 aromatic rings. The number of hydrogen-bond acceptors (Lipinski definition) is 8. The van der Waals surface area contributed by atoms with Crippen LogP contribution in [0.4, 0.5) is 5.69 Å². The van der Waals surface area contributed by atoms with Gasteiger partial charge in [-0.3, -0.25) is 14.5 Å². The van der Waals surface area contributed by atoms with E-state index in [0.717, 1.165) is 37.2 Å². The van der Waals surface area contributed by atoms with Gasteiger partial charge >= 0.3 is 0 Å². The Morgan fingerprint density at radius 1 is 1.05 bits per heavy atom. The Morgan fingerprint density at radius 2 is 1.73 bits per heavy atom. The number of nitrogens with one attached hydrogen (secondary N) is 1. The van der Waals surface area contributed by atoms with Gasteiger partial charge in [-0.05, 0) is 68.2 Å². The standard InChI is InChI=1S/C31H39N3O6/c1-20-16-27(36)30(38)31(40-20)24(22-10-13-26(35)28(17-22)39-4)18-29(37)32-19-25(34-14-6-5-7-15-34)21-8-11-23(12-9-21)33(2)3/h8-13,16-17,24-25,35,38H,5-7,14-15,18-19H2,1-4H3,(H,32,37)/t24-,25-/m1/s1. The highest BCUT2D eigenvalue weighted by molar-refractivity contribution is 5.77. The van der Waals surface area contributed by atoms with Crippen molar-refractivity contribution in [1.82, 2.24) is 10.2 Å². The zero-order valence-electron chi connectivity index (χ0n) is 23.6. The summed E-state index contributed by atoms with van der Waals surface area (Å²) in [4.78, 5) is 30.3. The van der Waals surface area contributed by atoms with Crippen molar-refractivity contribution in [3.8, 4) is 17.2 Å². The molecule has 1 saturated heterocycles. The fraction of sp³-hybridized carbons (Fsp3) is 0.419. The Hall–Kier alpha value is -3.98. The number of anilines is 1. The van der Waals surface area contributed by atoms with Gasteiger partial charge in [0.05, 0.1) is 19.1 Å². The topological polar surface area (TPSA) is 115 Å². The van der Waals surface area contributed by atoms with E-state index in [-0.39, 0.29) is 35.6 Å². The number of benzene rings is 2. The molecule has 0 unspecified atom stereocenters. The van der Waals surface area contributed by atoms with Gasteiger partial charge in [0.2, 0.25) is 17.1 Å². The average molecular weight is 550 g/mol. The van der Waals surface area contributed by atoms with Crippen molar-refractivity contribution in [1.29, 1.82) is 0 Å². The number of nitrogens with zero attached hydrogens (tertiary/aromatic N) is 2. The maximum absolute atomic E-state index is 13.4. The first-order chi connectivity index (χ1) is 19.2. The molecule has 3 N–H and O–H groups in total. The first-order valence-corrected chi connectivity index (χ1v) is 13.7. The van der Waals surface area contributed by atoms with Crippen molar-refractivity contribution in [3.63, 3.8) is 0 Å². The number of aromatic hydroxyl groups is 2. The molecule has 2 aromatic carbocycles. The van der Waals surface area contributed by atoms with Gasteiger partial charge in [0, 0.05) is 38.8 Å². The van der Waals surface area contributed by atoms with Crippen molar-refractivity contribution >= 4 is 11.6 Å². The summed E-state index contributed by atoms with van der Waals surface area (Å²) in [5.74, 6) is -1.11. The number of carbonyl (C=O) groups excluding carboxylic acids is 1. The molecule has 1 aliphatic heterocycles. The lowest BCUT2D eigenvalue weighted by Crippen LogP contribution is -2.41. The number of hydrogen-bond donors (Lipinski definition) is 3. The molecule has 0 saturated carbocycles. The van der Waals surface area contributed by atoms with Crippen molar-refractivity contribution in [2.24, 2.45) is 0 Å². The predicted octanol–water partition coefficient (Wildman–Crippen LogP) is 4.30. The third-order valence-corrected chi connectivity index (χ3v) is 7.50. The van der Waals surface area contributed by atoms with Gasteiger partial charge in [-0.15, -0.1) is 0 Å². The van der Waals surface area contributed by atoms with Crippen LogP contribution in [0.2, 0.25) is 0 Å². The SMILES string of the molecule is COc1cc([C@@H](CC(=O)NC[C@H](c2ccc(N(C)C)cc2)N2CCCCC2)c2oc(C)cc(=O)c2O)ccc1O. The van der Waals surface area contributed by atoms with Crippen LogP contribution in [-0.4, -0.2) is 61.9 Å². The van der Waals surface area contributed by atoms with Crippen LogP contribution in [0.5, 0.6) is 17.2 Å². The lowest BCUT2D eigenvalue weighted by atomic mass is 9.91. The molecule has 1 amide bonds. The summed E-state index contributed by atoms with van der Waals surface area (Å²) >= 11 is 0. The minimum atomic E-state index is -0.782. The highest BCUT2D eigenvalue weighted by Crippen LogP contribution is 2.37. The Bertz CT molecular complexity index is 1360. The summed E-state index contributed by atoms with van der Waals surface area (Å²) in [5, 5.41) is 23.8. The molecule has 0 radical (unpaired) electrons. The van der Waals surface area contributed by atoms with Crippen molar-refractivity contribution < 1.29 is 24.2 Å². The number of carbonyl (C=O) groups is 1. The highest BCUT2D eigenvalue weighted by Gasteiger charge is 2.28. The number of ether oxygens (including phenoxy) is 1. The van der Waals surface area contributed by atoms with Crippen molar-refractivity contribution in [2.45, 2.75) is 44.6 Å². The van der Waals surface area contributed by atoms with E-state index in [1.165, 1.54) is 25.7 Å². The normalized spacial score (nSPS) is 15.3. The number of amides is 1. The molecule has 0 aliphatic carbocycles. The number of methoxy groups -OCH3 is 1. The molecule has 4 rings (SSSR count). The molecule has 40 heavy (non-hydrogen) atoms. The minimum Gasteiger partial charge on any atom is -0.504 e. The number of phenolic OH excluding ortho intramolecular Hbond substituents is 1. The number of rotatable bonds is 10. The maximum atomic E-state index is 13.4. The number of phenols is 1. The van der Waals surface area contributed by atoms with Gasteiger partial charge in [0.15, 0.2) is 17.3 Å². The Balaban J connectivity index is 1.60. The minimum absolute atomic E-state index is 0.000234. The first kappa shape index (κ1) is 29.0. The zero-order valence-corrected chi connectivity index (χ0v) is 23.6. The Morgan fingerprint density at radius 3 is 2.38 bits per heavy atom. The Labute approximate surface area is 235 Å². The van der Waals surface area contributed by atoms with Crippen LogP contribution in [0.15, 0.2) is 57.7 Å². The average Bonchev–Trinajstić information content (AvgIpc) is 2.95. The van der Waals surface area contributed by atoms with Gasteiger partial charge < -0.3 is 29.6 Å². The summed E-state index contributed by atoms with van der Waals surface area (Å²) in [6.45, 7) is 3.96. The van der Waals surface area contributed by atoms with E-state index >= 15 is 0 Å². The second kappa shape index (κ2) is 12.9. The number of piperidine rings is 1. The molecule has 9 heteroatoms. The lowest BCUT2D eigenvalue weighted by Gasteiger charge is -2.35. The molecule has 9 nitrogen and oxygen atoms in total. The zero-order chi connectivity index (χ0) is 28.8. The van der Waals surface area contributed by atoms with Crippen LogP contribution < -0.4 is 20.4 Å². The Kier molecular flexibility index (Phi) is 9.37.